The van der Waals surface area contributed by atoms with Gasteiger partial charge in [0.15, 0.2) is 0 Å². The van der Waals surface area contributed by atoms with E-state index in [1.165, 1.54) is 30.6 Å². The Morgan fingerprint density at radius 3 is 2.31 bits per heavy atom. The second kappa shape index (κ2) is 4.79. The molecule has 0 atom stereocenters. The minimum absolute atomic E-state index is 0.556. The van der Waals surface area contributed by atoms with Crippen molar-refractivity contribution in [3.8, 4) is 0 Å². The Bertz CT molecular complexity index is 340. The molecule has 0 heterocycles. The van der Waals surface area contributed by atoms with Gasteiger partial charge in [-0.05, 0) is 44.2 Å². The van der Waals surface area contributed by atoms with E-state index >= 15 is 0 Å². The molecule has 1 aliphatic rings. The molecule has 1 aliphatic carbocycles. The molecule has 2 rings (SSSR count). The smallest absolute Gasteiger partial charge is 0.0366 e. The first-order chi connectivity index (χ1) is 7.69. The van der Waals surface area contributed by atoms with Crippen LogP contribution in [0.2, 0.25) is 0 Å². The quantitative estimate of drug-likeness (QED) is 0.738. The third-order valence-electron chi connectivity index (χ3n) is 3.55. The van der Waals surface area contributed by atoms with Crippen molar-refractivity contribution in [2.45, 2.75) is 26.7 Å². The predicted octanol–water partition coefficient (Wildman–Crippen LogP) is 4.00. The summed E-state index contributed by atoms with van der Waals surface area (Å²) in [6.45, 7) is 6.67. The molecule has 16 heavy (non-hydrogen) atoms. The van der Waals surface area contributed by atoms with Crippen LogP contribution in [0.4, 0.5) is 5.69 Å². The summed E-state index contributed by atoms with van der Waals surface area (Å²) >= 11 is 3.65. The van der Waals surface area contributed by atoms with E-state index in [0.717, 1.165) is 11.9 Å². The standard InChI is InChI=1S/C14H20BrN/c1-3-16(11-14(10-15)8-9-14)13-6-4-12(2)5-7-13/h4-7H,3,8-11H2,1-2H3. The van der Waals surface area contributed by atoms with Crippen LogP contribution in [-0.2, 0) is 0 Å². The fraction of sp³-hybridized carbons (Fsp3) is 0.571. The molecule has 88 valence electrons. The molecule has 1 saturated carbocycles. The summed E-state index contributed by atoms with van der Waals surface area (Å²) in [4.78, 5) is 2.49. The van der Waals surface area contributed by atoms with Crippen LogP contribution >= 0.6 is 15.9 Å². The molecule has 0 spiro atoms. The Labute approximate surface area is 107 Å². The van der Waals surface area contributed by atoms with Gasteiger partial charge in [-0.1, -0.05) is 33.6 Å². The van der Waals surface area contributed by atoms with Crippen LogP contribution in [0.3, 0.4) is 0 Å². The molecule has 1 aromatic rings. The van der Waals surface area contributed by atoms with Gasteiger partial charge in [-0.15, -0.1) is 0 Å². The molecule has 0 aromatic heterocycles. The maximum Gasteiger partial charge on any atom is 0.0366 e. The van der Waals surface area contributed by atoms with Gasteiger partial charge in [-0.25, -0.2) is 0 Å². The van der Waals surface area contributed by atoms with Gasteiger partial charge in [-0.2, -0.15) is 0 Å². The second-order valence-electron chi connectivity index (χ2n) is 4.98. The number of nitrogens with zero attached hydrogens (tertiary/aromatic N) is 1. The number of aryl methyl sites for hydroxylation is 1. The van der Waals surface area contributed by atoms with Crippen molar-refractivity contribution in [1.29, 1.82) is 0 Å². The van der Waals surface area contributed by atoms with Crippen molar-refractivity contribution in [1.82, 2.24) is 0 Å². The lowest BCUT2D eigenvalue weighted by molar-refractivity contribution is 0.568. The van der Waals surface area contributed by atoms with Crippen molar-refractivity contribution in [2.75, 3.05) is 23.3 Å². The van der Waals surface area contributed by atoms with Crippen LogP contribution < -0.4 is 4.90 Å². The number of benzene rings is 1. The van der Waals surface area contributed by atoms with Crippen molar-refractivity contribution in [2.24, 2.45) is 5.41 Å². The van der Waals surface area contributed by atoms with Crippen LogP contribution in [0.1, 0.15) is 25.3 Å². The molecule has 1 nitrogen and oxygen atoms in total. The first kappa shape index (κ1) is 12.0. The molecule has 1 aromatic carbocycles. The van der Waals surface area contributed by atoms with Crippen LogP contribution in [0.5, 0.6) is 0 Å². The number of anilines is 1. The van der Waals surface area contributed by atoms with Crippen molar-refractivity contribution < 1.29 is 0 Å². The Morgan fingerprint density at radius 2 is 1.88 bits per heavy atom. The largest absolute Gasteiger partial charge is 0.371 e. The van der Waals surface area contributed by atoms with Crippen molar-refractivity contribution in [3.63, 3.8) is 0 Å². The summed E-state index contributed by atoms with van der Waals surface area (Å²) in [6.07, 6.45) is 2.75. The fourth-order valence-corrected chi connectivity index (χ4v) is 2.79. The topological polar surface area (TPSA) is 3.24 Å². The van der Waals surface area contributed by atoms with Gasteiger partial charge < -0.3 is 4.90 Å². The summed E-state index contributed by atoms with van der Waals surface area (Å²) in [5.74, 6) is 0. The number of rotatable bonds is 5. The lowest BCUT2D eigenvalue weighted by Gasteiger charge is -2.27. The molecule has 1 fully saturated rings. The summed E-state index contributed by atoms with van der Waals surface area (Å²) in [7, 11) is 0. The Kier molecular flexibility index (Phi) is 3.58. The molecular formula is C14H20BrN. The Morgan fingerprint density at radius 1 is 1.25 bits per heavy atom. The highest BCUT2D eigenvalue weighted by Crippen LogP contribution is 2.48. The highest BCUT2D eigenvalue weighted by Gasteiger charge is 2.42. The molecule has 2 heteroatoms. The number of alkyl halides is 1. The van der Waals surface area contributed by atoms with Crippen LogP contribution in [-0.4, -0.2) is 18.4 Å². The van der Waals surface area contributed by atoms with E-state index in [1.807, 2.05) is 0 Å². The summed E-state index contributed by atoms with van der Waals surface area (Å²) in [5.41, 5.74) is 3.25. The SMILES string of the molecule is CCN(CC1(CBr)CC1)c1ccc(C)cc1. The zero-order valence-electron chi connectivity index (χ0n) is 10.2. The van der Waals surface area contributed by atoms with E-state index in [1.54, 1.807) is 0 Å². The van der Waals surface area contributed by atoms with Crippen molar-refractivity contribution >= 4 is 21.6 Å². The van der Waals surface area contributed by atoms with E-state index < -0.39 is 0 Å². The molecule has 0 aliphatic heterocycles. The minimum Gasteiger partial charge on any atom is -0.371 e. The predicted molar refractivity (Wildman–Crippen MR) is 74.5 cm³/mol. The van der Waals surface area contributed by atoms with Crippen LogP contribution in [0.25, 0.3) is 0 Å². The minimum atomic E-state index is 0.556. The van der Waals surface area contributed by atoms with E-state index in [4.69, 9.17) is 0 Å². The van der Waals surface area contributed by atoms with Gasteiger partial charge in [0.25, 0.3) is 0 Å². The highest BCUT2D eigenvalue weighted by atomic mass is 79.9. The number of hydrogen-bond donors (Lipinski definition) is 0. The number of halogens is 1. The van der Waals surface area contributed by atoms with Gasteiger partial charge in [-0.3, -0.25) is 0 Å². The lowest BCUT2D eigenvalue weighted by atomic mass is 10.1. The first-order valence-electron chi connectivity index (χ1n) is 6.07. The average molecular weight is 282 g/mol. The highest BCUT2D eigenvalue weighted by molar-refractivity contribution is 9.09. The molecule has 0 unspecified atom stereocenters. The van der Waals surface area contributed by atoms with Crippen molar-refractivity contribution in [3.05, 3.63) is 29.8 Å². The Hall–Kier alpha value is -0.500. The van der Waals surface area contributed by atoms with Crippen LogP contribution in [0.15, 0.2) is 24.3 Å². The zero-order valence-corrected chi connectivity index (χ0v) is 11.8. The fourth-order valence-electron chi connectivity index (χ4n) is 2.06. The molecule has 0 N–H and O–H groups in total. The van der Waals surface area contributed by atoms with E-state index in [9.17, 15) is 0 Å². The van der Waals surface area contributed by atoms with Gasteiger partial charge >= 0.3 is 0 Å². The molecule has 0 amide bonds. The van der Waals surface area contributed by atoms with E-state index in [2.05, 4.69) is 58.9 Å². The molecular weight excluding hydrogens is 262 g/mol. The van der Waals surface area contributed by atoms with E-state index in [-0.39, 0.29) is 0 Å². The van der Waals surface area contributed by atoms with E-state index in [0.29, 0.717) is 5.41 Å². The van der Waals surface area contributed by atoms with Crippen LogP contribution in [0, 0.1) is 12.3 Å². The average Bonchev–Trinajstić information content (AvgIpc) is 3.08. The normalized spacial score (nSPS) is 17.2. The lowest BCUT2D eigenvalue weighted by Crippen LogP contribution is -2.31. The maximum absolute atomic E-state index is 3.65. The third kappa shape index (κ3) is 2.60. The Balaban J connectivity index is 2.07. The monoisotopic (exact) mass is 281 g/mol. The van der Waals surface area contributed by atoms with Gasteiger partial charge in [0, 0.05) is 24.1 Å². The van der Waals surface area contributed by atoms with Gasteiger partial charge in [0.2, 0.25) is 0 Å². The zero-order chi connectivity index (χ0) is 11.6. The third-order valence-corrected chi connectivity index (χ3v) is 4.74. The molecule has 0 radical (unpaired) electrons. The summed E-state index contributed by atoms with van der Waals surface area (Å²) in [6, 6.07) is 8.88. The molecule has 0 saturated heterocycles. The summed E-state index contributed by atoms with van der Waals surface area (Å²) < 4.78 is 0. The molecule has 0 bridgehead atoms. The first-order valence-corrected chi connectivity index (χ1v) is 7.19. The number of hydrogen-bond acceptors (Lipinski definition) is 1. The second-order valence-corrected chi connectivity index (χ2v) is 5.54. The summed E-state index contributed by atoms with van der Waals surface area (Å²) in [5, 5.41) is 1.14. The van der Waals surface area contributed by atoms with Gasteiger partial charge in [0.1, 0.15) is 0 Å². The maximum atomic E-state index is 3.65. The van der Waals surface area contributed by atoms with Gasteiger partial charge in [0.05, 0.1) is 0 Å².